The molecule has 0 fully saturated rings. The molecule has 166 valence electrons. The molecule has 4 rings (SSSR count). The zero-order chi connectivity index (χ0) is 23.5. The van der Waals surface area contributed by atoms with Crippen molar-refractivity contribution in [3.05, 3.63) is 99.1 Å². The van der Waals surface area contributed by atoms with Gasteiger partial charge >= 0.3 is 5.97 Å². The monoisotopic (exact) mass is 524 g/mol. The number of halogens is 2. The smallest absolute Gasteiger partial charge is 0.343 e. The van der Waals surface area contributed by atoms with Gasteiger partial charge in [0.25, 0.3) is 11.8 Å². The summed E-state index contributed by atoms with van der Waals surface area (Å²) in [5.74, 6) is -1.24. The van der Waals surface area contributed by atoms with Gasteiger partial charge in [-0.1, -0.05) is 46.6 Å². The molecule has 0 aliphatic carbocycles. The molecule has 0 bridgehead atoms. The van der Waals surface area contributed by atoms with Crippen LogP contribution in [0.15, 0.2) is 88.0 Å². The fourth-order valence-electron chi connectivity index (χ4n) is 3.23. The molecule has 6 nitrogen and oxygen atoms in total. The first-order valence-corrected chi connectivity index (χ1v) is 11.3. The first-order chi connectivity index (χ1) is 15.9. The fourth-order valence-corrected chi connectivity index (χ4v) is 3.71. The minimum absolute atomic E-state index is 0.0218. The van der Waals surface area contributed by atoms with Gasteiger partial charge in [0.2, 0.25) is 0 Å². The number of carbonyl (C=O) groups is 3. The Morgan fingerprint density at radius 2 is 1.58 bits per heavy atom. The summed E-state index contributed by atoms with van der Waals surface area (Å²) in [6, 6.07) is 20.4. The highest BCUT2D eigenvalue weighted by molar-refractivity contribution is 9.10. The van der Waals surface area contributed by atoms with E-state index in [4.69, 9.17) is 16.3 Å². The molecule has 0 saturated carbocycles. The number of carbonyl (C=O) groups excluding carboxylic acids is 3. The van der Waals surface area contributed by atoms with Gasteiger partial charge in [-0.05, 0) is 72.6 Å². The van der Waals surface area contributed by atoms with Crippen LogP contribution in [0, 0.1) is 0 Å². The summed E-state index contributed by atoms with van der Waals surface area (Å²) in [6.07, 6.45) is 0.848. The maximum atomic E-state index is 12.9. The number of benzene rings is 3. The fraction of sp³-hybridized carbons (Fsp3) is 0.0800. The molecule has 1 aliphatic rings. The third-order valence-corrected chi connectivity index (χ3v) is 5.92. The van der Waals surface area contributed by atoms with Crippen molar-refractivity contribution in [2.45, 2.75) is 13.3 Å². The number of hydrogen-bond acceptors (Lipinski definition) is 5. The summed E-state index contributed by atoms with van der Waals surface area (Å²) in [6.45, 7) is 2.02. The molecule has 8 heteroatoms. The van der Waals surface area contributed by atoms with Gasteiger partial charge in [0.05, 0.1) is 11.3 Å². The van der Waals surface area contributed by atoms with Gasteiger partial charge in [-0.25, -0.2) is 9.69 Å². The molecule has 0 unspecified atom stereocenters. The Labute approximate surface area is 203 Å². The van der Waals surface area contributed by atoms with Crippen molar-refractivity contribution in [3.63, 3.8) is 0 Å². The Hall–Kier alpha value is -3.42. The van der Waals surface area contributed by atoms with Crippen molar-refractivity contribution in [2.24, 2.45) is 0 Å². The summed E-state index contributed by atoms with van der Waals surface area (Å²) in [5, 5.41) is 2.70. The van der Waals surface area contributed by atoms with Crippen LogP contribution in [0.4, 0.5) is 11.4 Å². The minimum Gasteiger partial charge on any atom is -0.423 e. The van der Waals surface area contributed by atoms with Gasteiger partial charge in [-0.3, -0.25) is 9.59 Å². The van der Waals surface area contributed by atoms with E-state index in [1.54, 1.807) is 60.7 Å². The van der Waals surface area contributed by atoms with Crippen molar-refractivity contribution in [3.8, 4) is 5.75 Å². The predicted molar refractivity (Wildman–Crippen MR) is 130 cm³/mol. The van der Waals surface area contributed by atoms with Crippen LogP contribution in [0.25, 0.3) is 0 Å². The quantitative estimate of drug-likeness (QED) is 0.255. The Morgan fingerprint density at radius 3 is 2.18 bits per heavy atom. The molecule has 3 aromatic rings. The number of rotatable bonds is 6. The van der Waals surface area contributed by atoms with Gasteiger partial charge in [0.1, 0.15) is 16.5 Å². The molecule has 2 amide bonds. The number of nitrogens with one attached hydrogen (secondary N) is 1. The van der Waals surface area contributed by atoms with Crippen LogP contribution in [0.2, 0.25) is 0 Å². The highest BCUT2D eigenvalue weighted by Crippen LogP contribution is 2.30. The van der Waals surface area contributed by atoms with E-state index in [0.29, 0.717) is 22.7 Å². The lowest BCUT2D eigenvalue weighted by atomic mass is 10.1. The van der Waals surface area contributed by atoms with Crippen molar-refractivity contribution >= 4 is 56.7 Å². The summed E-state index contributed by atoms with van der Waals surface area (Å²) < 4.78 is 6.22. The highest BCUT2D eigenvalue weighted by Gasteiger charge is 2.38. The van der Waals surface area contributed by atoms with Crippen LogP contribution in [0.1, 0.15) is 22.8 Å². The second-order valence-corrected chi connectivity index (χ2v) is 8.49. The number of nitrogens with zero attached hydrogens (tertiary/aromatic N) is 1. The molecule has 0 saturated heterocycles. The van der Waals surface area contributed by atoms with Crippen molar-refractivity contribution in [1.29, 1.82) is 0 Å². The number of aryl methyl sites for hydroxylation is 1. The van der Waals surface area contributed by atoms with Gasteiger partial charge in [-0.15, -0.1) is 0 Å². The van der Waals surface area contributed by atoms with E-state index in [0.717, 1.165) is 21.4 Å². The van der Waals surface area contributed by atoms with Crippen molar-refractivity contribution in [1.82, 2.24) is 0 Å². The summed E-state index contributed by atoms with van der Waals surface area (Å²) in [7, 11) is 0. The van der Waals surface area contributed by atoms with Crippen LogP contribution >= 0.6 is 27.5 Å². The molecular formula is C25H18BrClN2O4. The highest BCUT2D eigenvalue weighted by atomic mass is 79.9. The molecule has 0 aromatic heterocycles. The number of anilines is 2. The molecule has 0 radical (unpaired) electrons. The SMILES string of the molecule is CCc1ccc(N2C(=O)C(Cl)=C(Nc3ccc(C(=O)Oc4ccc(Br)cc4)cc3)C2=O)cc1. The van der Waals surface area contributed by atoms with Crippen molar-refractivity contribution in [2.75, 3.05) is 10.2 Å². The third-order valence-electron chi connectivity index (χ3n) is 5.04. The predicted octanol–water partition coefficient (Wildman–Crippen LogP) is 5.67. The lowest BCUT2D eigenvalue weighted by Crippen LogP contribution is -2.32. The van der Waals surface area contributed by atoms with Gasteiger partial charge in [0, 0.05) is 10.2 Å². The normalized spacial score (nSPS) is 13.5. The first kappa shape index (κ1) is 22.8. The second-order valence-electron chi connectivity index (χ2n) is 7.20. The standard InChI is InChI=1S/C25H18BrClN2O4/c1-2-15-3-11-19(12-4-15)29-23(30)21(27)22(24(29)31)28-18-9-5-16(6-10-18)25(32)33-20-13-7-17(26)8-14-20/h3-14,28H,2H2,1H3. The molecule has 33 heavy (non-hydrogen) atoms. The molecule has 0 spiro atoms. The van der Waals surface area contributed by atoms with E-state index in [-0.39, 0.29) is 10.7 Å². The second kappa shape index (κ2) is 9.60. The average molecular weight is 526 g/mol. The Bertz CT molecular complexity index is 1250. The van der Waals surface area contributed by atoms with Crippen LogP contribution in [0.5, 0.6) is 5.75 Å². The summed E-state index contributed by atoms with van der Waals surface area (Å²) >= 11 is 9.51. The van der Waals surface area contributed by atoms with E-state index in [1.165, 1.54) is 0 Å². The van der Waals surface area contributed by atoms with Crippen molar-refractivity contribution < 1.29 is 19.1 Å². The zero-order valence-corrected chi connectivity index (χ0v) is 19.8. The third kappa shape index (κ3) is 4.84. The van der Waals surface area contributed by atoms with Crippen LogP contribution < -0.4 is 15.0 Å². The molecule has 3 aromatic carbocycles. The Kier molecular flexibility index (Phi) is 6.62. The van der Waals surface area contributed by atoms with E-state index in [2.05, 4.69) is 21.2 Å². The largest absolute Gasteiger partial charge is 0.423 e. The number of esters is 1. The molecule has 1 aliphatic heterocycles. The maximum absolute atomic E-state index is 12.9. The maximum Gasteiger partial charge on any atom is 0.343 e. The van der Waals surface area contributed by atoms with Gasteiger partial charge in [-0.2, -0.15) is 0 Å². The topological polar surface area (TPSA) is 75.7 Å². The summed E-state index contributed by atoms with van der Waals surface area (Å²) in [4.78, 5) is 38.9. The Morgan fingerprint density at radius 1 is 0.939 bits per heavy atom. The van der Waals surface area contributed by atoms with E-state index in [1.807, 2.05) is 19.1 Å². The minimum atomic E-state index is -0.594. The average Bonchev–Trinajstić information content (AvgIpc) is 3.04. The first-order valence-electron chi connectivity index (χ1n) is 10.1. The molecule has 1 N–H and O–H groups in total. The van der Waals surface area contributed by atoms with Crippen LogP contribution in [-0.2, 0) is 16.0 Å². The van der Waals surface area contributed by atoms with E-state index in [9.17, 15) is 14.4 Å². The van der Waals surface area contributed by atoms with Crippen LogP contribution in [-0.4, -0.2) is 17.8 Å². The van der Waals surface area contributed by atoms with Crippen LogP contribution in [0.3, 0.4) is 0 Å². The molecule has 1 heterocycles. The zero-order valence-electron chi connectivity index (χ0n) is 17.5. The Balaban J connectivity index is 1.46. The molecule has 0 atom stereocenters. The molecular weight excluding hydrogens is 508 g/mol. The lowest BCUT2D eigenvalue weighted by Gasteiger charge is -2.15. The van der Waals surface area contributed by atoms with E-state index >= 15 is 0 Å². The number of amides is 2. The number of ether oxygens (including phenoxy) is 1. The van der Waals surface area contributed by atoms with Gasteiger partial charge < -0.3 is 10.1 Å². The lowest BCUT2D eigenvalue weighted by molar-refractivity contribution is -0.120. The summed E-state index contributed by atoms with van der Waals surface area (Å²) in [5.41, 5.74) is 2.34. The number of imide groups is 1. The number of hydrogen-bond donors (Lipinski definition) is 1. The van der Waals surface area contributed by atoms with Gasteiger partial charge in [0.15, 0.2) is 0 Å². The van der Waals surface area contributed by atoms with E-state index < -0.39 is 17.8 Å².